The number of imidazole rings is 2. The average molecular weight is 739 g/mol. The van der Waals surface area contributed by atoms with Gasteiger partial charge < -0.3 is 40.9 Å². The van der Waals surface area contributed by atoms with Crippen molar-refractivity contribution in [2.45, 2.75) is 47.1 Å². The number of thiol groups is 1. The van der Waals surface area contributed by atoms with E-state index >= 15 is 0 Å². The molecule has 46 heavy (non-hydrogen) atoms. The van der Waals surface area contributed by atoms with E-state index in [4.69, 9.17) is 51.4 Å². The van der Waals surface area contributed by atoms with Gasteiger partial charge in [0.15, 0.2) is 35.0 Å². The van der Waals surface area contributed by atoms with Crippen LogP contribution in [0.2, 0.25) is 0 Å². The summed E-state index contributed by atoms with van der Waals surface area (Å²) in [5.41, 5.74) is 11.7. The molecule has 0 amide bonds. The van der Waals surface area contributed by atoms with Crippen LogP contribution in [0, 0.1) is 0 Å². The van der Waals surface area contributed by atoms with Gasteiger partial charge in [-0.1, -0.05) is 12.2 Å². The predicted octanol–water partition coefficient (Wildman–Crippen LogP) is -1.25. The van der Waals surface area contributed by atoms with Crippen LogP contribution in [-0.4, -0.2) is 108 Å². The zero-order chi connectivity index (χ0) is 33.0. The van der Waals surface area contributed by atoms with Crippen LogP contribution in [0.3, 0.4) is 0 Å². The van der Waals surface area contributed by atoms with Crippen molar-refractivity contribution in [3.05, 3.63) is 29.3 Å². The third-order valence-corrected chi connectivity index (χ3v) is 10.3. The second-order valence-corrected chi connectivity index (χ2v) is 14.7. The molecule has 3 aliphatic rings. The lowest BCUT2D eigenvalue weighted by Crippen LogP contribution is -2.43. The first kappa shape index (κ1) is 33.5. The van der Waals surface area contributed by atoms with Crippen LogP contribution in [0.1, 0.15) is 11.6 Å². The molecule has 0 spiro atoms. The Kier molecular flexibility index (Phi) is 9.39. The number of nitrogens with two attached hydrogens (primary N) is 2. The Morgan fingerprint density at radius 1 is 1.20 bits per heavy atom. The van der Waals surface area contributed by atoms with E-state index in [1.54, 1.807) is 0 Å². The highest BCUT2D eigenvalue weighted by atomic mass is 32.7. The van der Waals surface area contributed by atoms with Crippen LogP contribution >= 0.6 is 38.4 Å². The minimum Gasteiger partial charge on any atom is -0.395 e. The maximum absolute atomic E-state index is 12.3. The number of aliphatic hydroxyl groups is 3. The number of hydrogen-bond acceptors (Lipinski definition) is 19. The first-order valence-electron chi connectivity index (χ1n) is 12.9. The fourth-order valence-electron chi connectivity index (χ4n) is 5.16. The van der Waals surface area contributed by atoms with Gasteiger partial charge in [-0.2, -0.15) is 9.87 Å². The van der Waals surface area contributed by atoms with Gasteiger partial charge in [0.25, 0.3) is 11.3 Å². The van der Waals surface area contributed by atoms with E-state index in [1.165, 1.54) is 28.1 Å². The molecule has 0 aromatic carbocycles. The quantitative estimate of drug-likeness (QED) is 0.0595. The molecule has 0 saturated carbocycles. The van der Waals surface area contributed by atoms with E-state index in [0.29, 0.717) is 11.2 Å². The Bertz CT molecular complexity index is 1880. The number of nitrogen functional groups attached to an aromatic ring is 2. The number of thioether (sulfide) groups is 1. The van der Waals surface area contributed by atoms with Crippen LogP contribution in [-0.2, 0) is 39.9 Å². The highest BCUT2D eigenvalue weighted by Crippen LogP contribution is 2.55. The fraction of sp³-hybridized carbons (Fsp3) is 0.500. The molecular weight excluding hydrogens is 714 g/mol. The second-order valence-electron chi connectivity index (χ2n) is 9.90. The van der Waals surface area contributed by atoms with Gasteiger partial charge in [-0.15, -0.1) is 11.8 Å². The minimum atomic E-state index is -4.23. The molecule has 9 atom stereocenters. The highest BCUT2D eigenvalue weighted by molar-refractivity contribution is 8.33. The predicted molar refractivity (Wildman–Crippen MR) is 165 cm³/mol. The van der Waals surface area contributed by atoms with E-state index < -0.39 is 72.5 Å². The van der Waals surface area contributed by atoms with Crippen molar-refractivity contribution in [3.63, 3.8) is 0 Å². The summed E-state index contributed by atoms with van der Waals surface area (Å²) in [5.74, 6) is -1.96. The summed E-state index contributed by atoms with van der Waals surface area (Å²) in [6.45, 7) is -5.32. The summed E-state index contributed by atoms with van der Waals surface area (Å²) in [7, 11) is -0.139. The number of rotatable bonds is 8. The number of aromatic nitrogens is 8. The number of nitrogens with zero attached hydrogens (tertiary/aromatic N) is 7. The van der Waals surface area contributed by atoms with Gasteiger partial charge in [0.2, 0.25) is 13.6 Å². The molecule has 7 heterocycles. The average Bonchev–Trinajstić information content (AvgIpc) is 3.82. The monoisotopic (exact) mass is 738 g/mol. The Balaban J connectivity index is 0.00000119. The van der Waals surface area contributed by atoms with Gasteiger partial charge in [-0.05, 0) is 11.8 Å². The summed E-state index contributed by atoms with van der Waals surface area (Å²) >= 11 is 9.53. The van der Waals surface area contributed by atoms with E-state index in [0.717, 1.165) is 11.8 Å². The van der Waals surface area contributed by atoms with E-state index in [1.807, 2.05) is 0 Å². The van der Waals surface area contributed by atoms with Crippen LogP contribution in [0.5, 0.6) is 0 Å². The first-order chi connectivity index (χ1) is 21.9. The van der Waals surface area contributed by atoms with Crippen LogP contribution in [0.15, 0.2) is 23.8 Å². The summed E-state index contributed by atoms with van der Waals surface area (Å²) in [5, 5.41) is 30.1. The number of nitrogens with one attached hydrogen (secondary N) is 1. The minimum absolute atomic E-state index is 0.0241. The fourth-order valence-corrected chi connectivity index (χ4v) is 8.07. The van der Waals surface area contributed by atoms with Gasteiger partial charge in [-0.3, -0.25) is 28.0 Å². The molecule has 3 fully saturated rings. The van der Waals surface area contributed by atoms with Crippen molar-refractivity contribution in [3.8, 4) is 0 Å². The number of aliphatic hydroxyl groups excluding tert-OH is 3. The van der Waals surface area contributed by atoms with Crippen molar-refractivity contribution >= 4 is 84.3 Å². The van der Waals surface area contributed by atoms with E-state index in [9.17, 15) is 25.0 Å². The van der Waals surface area contributed by atoms with Crippen LogP contribution < -0.4 is 17.0 Å². The van der Waals surface area contributed by atoms with Gasteiger partial charge in [0.1, 0.15) is 36.0 Å². The normalized spacial score (nSPS) is 31.8. The molecule has 26 heteroatoms. The molecule has 3 saturated heterocycles. The van der Waals surface area contributed by atoms with E-state index in [-0.39, 0.29) is 30.6 Å². The molecule has 21 nitrogen and oxygen atoms in total. The molecule has 2 bridgehead atoms. The van der Waals surface area contributed by atoms with Crippen molar-refractivity contribution in [1.29, 1.82) is 0 Å². The van der Waals surface area contributed by atoms with Crippen molar-refractivity contribution in [2.24, 2.45) is 0 Å². The summed E-state index contributed by atoms with van der Waals surface area (Å²) in [6.07, 6.45) is -2.13. The number of fused-ring (bicyclic) bond motifs is 4. The zero-order valence-corrected chi connectivity index (χ0v) is 27.1. The molecule has 0 radical (unpaired) electrons. The molecule has 4 aromatic heterocycles. The molecule has 0 aliphatic carbocycles. The van der Waals surface area contributed by atoms with Gasteiger partial charge >= 0.3 is 6.72 Å². The maximum Gasteiger partial charge on any atom is 0.325 e. The Morgan fingerprint density at radius 3 is 2.65 bits per heavy atom. The Morgan fingerprint density at radius 2 is 1.91 bits per heavy atom. The van der Waals surface area contributed by atoms with Crippen molar-refractivity contribution < 1.29 is 48.3 Å². The van der Waals surface area contributed by atoms with Crippen LogP contribution in [0.4, 0.5) is 11.8 Å². The Labute approximate surface area is 272 Å². The first-order valence-corrected chi connectivity index (χ1v) is 18.4. The number of aromatic amines is 1. The molecule has 7 rings (SSSR count). The van der Waals surface area contributed by atoms with Gasteiger partial charge in [0.05, 0.1) is 30.6 Å². The zero-order valence-electron chi connectivity index (χ0n) is 22.8. The van der Waals surface area contributed by atoms with Gasteiger partial charge in [0, 0.05) is 0 Å². The lowest BCUT2D eigenvalue weighted by molar-refractivity contribution is -0.452. The molecule has 9 N–H and O–H groups in total. The summed E-state index contributed by atoms with van der Waals surface area (Å²) in [4.78, 5) is 56.7. The molecule has 3 aliphatic heterocycles. The number of H-pyrrole nitrogens is 1. The largest absolute Gasteiger partial charge is 0.395 e. The number of anilines is 2. The lowest BCUT2D eigenvalue weighted by Gasteiger charge is -2.31. The van der Waals surface area contributed by atoms with E-state index in [2.05, 4.69) is 42.2 Å². The standard InChI is InChI=1S/C20H23N10O10PS2.HOPS/c21-13-7-14(24-3-23-13)29(4-25-7)17-11-12(33)20(37-17,40-38-11)2-36-41(35,42)39-10-9(32)6(1-31)43-18(10)30-5-26-8-15(30)27-19(22)28-16(8)34;1-2-3/h3-6,9-12,17-18,31-33H,1-2H2,(H,35,42)(H2,21,23,24)(H3,22,27,28,34);(H,1,3)/t6-,9-,10-,11-,12+,17-,18-,20+,41?;/m1./s1. The third kappa shape index (κ3) is 5.81. The molecular formula is C20H24N10O11P2S3. The summed E-state index contributed by atoms with van der Waals surface area (Å²) in [6, 6.07) is 0. The van der Waals surface area contributed by atoms with Crippen molar-refractivity contribution in [2.75, 3.05) is 24.7 Å². The topological polar surface area (TPSA) is 303 Å². The lowest BCUT2D eigenvalue weighted by atomic mass is 10.1. The van der Waals surface area contributed by atoms with Gasteiger partial charge in [-0.25, -0.2) is 24.8 Å². The third-order valence-electron chi connectivity index (χ3n) is 7.23. The summed E-state index contributed by atoms with van der Waals surface area (Å²) < 4.78 is 28.9. The molecule has 4 aromatic rings. The SMILES string of the molecule is Nc1nc2c(ncn2[C@@H]2S[C@H](CO)[C@@H](O)[C@H]2OP(O)(=S)OC[C@@]23OO[C@@H]([C@H](n4cnc5c(N)ncnc54)O2)[C@@H]3O)c(=O)[nH]1.O=PS. The van der Waals surface area contributed by atoms with Crippen LogP contribution in [0.25, 0.3) is 22.3 Å². The highest BCUT2D eigenvalue weighted by Gasteiger charge is 2.65. The molecule has 1 unspecified atom stereocenters. The van der Waals surface area contributed by atoms with Crippen molar-refractivity contribution in [1.82, 2.24) is 39.0 Å². The maximum atomic E-state index is 12.3. The molecule has 248 valence electrons. The number of hydrogen-bond donors (Lipinski definition) is 8. The smallest absolute Gasteiger partial charge is 0.325 e. The Hall–Kier alpha value is -2.41. The second kappa shape index (κ2) is 12.9. The number of ether oxygens (including phenoxy) is 1.